The number of carboxylic acid groups (broad SMARTS) is 1. The topological polar surface area (TPSA) is 63.3 Å². The summed E-state index contributed by atoms with van der Waals surface area (Å²) in [5, 5.41) is 9.61. The van der Waals surface area contributed by atoms with E-state index in [1.54, 1.807) is 0 Å². The van der Waals surface area contributed by atoms with Gasteiger partial charge in [-0.1, -0.05) is 37.6 Å². The van der Waals surface area contributed by atoms with Crippen molar-refractivity contribution in [2.45, 2.75) is 57.9 Å². The highest BCUT2D eigenvalue weighted by atomic mass is 35.5. The van der Waals surface area contributed by atoms with E-state index in [1.165, 1.54) is 31.2 Å². The van der Waals surface area contributed by atoms with Crippen molar-refractivity contribution in [2.75, 3.05) is 0 Å². The highest BCUT2D eigenvalue weighted by Gasteiger charge is 2.28. The molecule has 3 N–H and O–H groups in total. The SMILES string of the molecule is CC1(C)CCC(c2ccc(CC(N)C(=O)O)cc2Cl)CC1. The van der Waals surface area contributed by atoms with Gasteiger partial charge < -0.3 is 10.8 Å². The molecular weight excluding hydrogens is 286 g/mol. The Morgan fingerprint density at radius 1 is 1.43 bits per heavy atom. The minimum absolute atomic E-state index is 0.313. The summed E-state index contributed by atoms with van der Waals surface area (Å²) in [6, 6.07) is 5.01. The van der Waals surface area contributed by atoms with E-state index < -0.39 is 12.0 Å². The van der Waals surface area contributed by atoms with Crippen LogP contribution in [0.5, 0.6) is 0 Å². The van der Waals surface area contributed by atoms with Gasteiger partial charge in [-0.3, -0.25) is 4.79 Å². The van der Waals surface area contributed by atoms with Gasteiger partial charge in [-0.25, -0.2) is 0 Å². The number of rotatable bonds is 4. The van der Waals surface area contributed by atoms with E-state index in [1.807, 2.05) is 12.1 Å². The van der Waals surface area contributed by atoms with Gasteiger partial charge in [-0.2, -0.15) is 0 Å². The van der Waals surface area contributed by atoms with Crippen molar-refractivity contribution in [2.24, 2.45) is 11.1 Å². The second kappa shape index (κ2) is 6.37. The number of halogens is 1. The second-order valence-corrected chi connectivity index (χ2v) is 7.35. The lowest BCUT2D eigenvalue weighted by Gasteiger charge is -2.34. The molecular formula is C17H24ClNO2. The fraction of sp³-hybridized carbons (Fsp3) is 0.588. The zero-order chi connectivity index (χ0) is 15.6. The summed E-state index contributed by atoms with van der Waals surface area (Å²) in [5.41, 5.74) is 8.09. The van der Waals surface area contributed by atoms with E-state index in [0.717, 1.165) is 10.6 Å². The lowest BCUT2D eigenvalue weighted by atomic mass is 9.71. The number of carboxylic acids is 1. The molecule has 0 aromatic heterocycles. The number of benzene rings is 1. The molecule has 0 aliphatic heterocycles. The lowest BCUT2D eigenvalue weighted by Crippen LogP contribution is -2.32. The van der Waals surface area contributed by atoms with Crippen LogP contribution in [-0.2, 0) is 11.2 Å². The number of hydrogen-bond acceptors (Lipinski definition) is 2. The molecule has 0 radical (unpaired) electrons. The van der Waals surface area contributed by atoms with Crippen molar-refractivity contribution < 1.29 is 9.90 Å². The first-order valence-electron chi connectivity index (χ1n) is 7.55. The van der Waals surface area contributed by atoms with E-state index >= 15 is 0 Å². The Kier molecular flexibility index (Phi) is 4.95. The molecule has 0 spiro atoms. The average Bonchev–Trinajstić information content (AvgIpc) is 2.39. The summed E-state index contributed by atoms with van der Waals surface area (Å²) < 4.78 is 0. The fourth-order valence-corrected chi connectivity index (χ4v) is 3.44. The second-order valence-electron chi connectivity index (χ2n) is 6.94. The van der Waals surface area contributed by atoms with Gasteiger partial charge in [0.2, 0.25) is 0 Å². The molecule has 1 atom stereocenters. The molecule has 2 rings (SSSR count). The van der Waals surface area contributed by atoms with Gasteiger partial charge in [0.05, 0.1) is 0 Å². The molecule has 1 aromatic rings. The van der Waals surface area contributed by atoms with E-state index in [-0.39, 0.29) is 0 Å². The Bertz CT molecular complexity index is 518. The van der Waals surface area contributed by atoms with Crippen molar-refractivity contribution >= 4 is 17.6 Å². The van der Waals surface area contributed by atoms with Crippen LogP contribution < -0.4 is 5.73 Å². The van der Waals surface area contributed by atoms with Gasteiger partial charge >= 0.3 is 5.97 Å². The predicted octanol–water partition coefficient (Wildman–Crippen LogP) is 3.98. The predicted molar refractivity (Wildman–Crippen MR) is 85.8 cm³/mol. The van der Waals surface area contributed by atoms with Crippen LogP contribution in [0.1, 0.15) is 56.6 Å². The van der Waals surface area contributed by atoms with E-state index in [0.29, 0.717) is 17.8 Å². The van der Waals surface area contributed by atoms with Gasteiger partial charge in [0.15, 0.2) is 0 Å². The maximum Gasteiger partial charge on any atom is 0.320 e. The smallest absolute Gasteiger partial charge is 0.320 e. The third-order valence-corrected chi connectivity index (χ3v) is 4.94. The minimum Gasteiger partial charge on any atom is -0.480 e. The number of hydrogen-bond donors (Lipinski definition) is 2. The first kappa shape index (κ1) is 16.3. The van der Waals surface area contributed by atoms with Crippen LogP contribution >= 0.6 is 11.6 Å². The third kappa shape index (κ3) is 4.21. The van der Waals surface area contributed by atoms with Gasteiger partial charge in [0.25, 0.3) is 0 Å². The van der Waals surface area contributed by atoms with Crippen LogP contribution in [0, 0.1) is 5.41 Å². The Morgan fingerprint density at radius 2 is 2.05 bits per heavy atom. The fourth-order valence-electron chi connectivity index (χ4n) is 3.08. The molecule has 0 heterocycles. The van der Waals surface area contributed by atoms with Crippen LogP contribution in [0.25, 0.3) is 0 Å². The highest BCUT2D eigenvalue weighted by molar-refractivity contribution is 6.31. The van der Waals surface area contributed by atoms with E-state index in [9.17, 15) is 4.79 Å². The van der Waals surface area contributed by atoms with Crippen molar-refractivity contribution in [3.8, 4) is 0 Å². The number of aliphatic carboxylic acids is 1. The number of carbonyl (C=O) groups is 1. The molecule has 1 unspecified atom stereocenters. The zero-order valence-corrected chi connectivity index (χ0v) is 13.5. The summed E-state index contributed by atoms with van der Waals surface area (Å²) in [7, 11) is 0. The Labute approximate surface area is 131 Å². The standard InChI is InChI=1S/C17H24ClNO2/c1-17(2)7-5-12(6-8-17)13-4-3-11(9-14(13)18)10-15(19)16(20)21/h3-4,9,12,15H,5-8,10,19H2,1-2H3,(H,20,21). The van der Waals surface area contributed by atoms with Crippen LogP contribution in [0.2, 0.25) is 5.02 Å². The Hall–Kier alpha value is -1.06. The van der Waals surface area contributed by atoms with E-state index in [2.05, 4.69) is 19.9 Å². The summed E-state index contributed by atoms with van der Waals surface area (Å²) in [5.74, 6) is -0.461. The maximum atomic E-state index is 10.8. The highest BCUT2D eigenvalue weighted by Crippen LogP contribution is 2.44. The molecule has 1 aliphatic rings. The molecule has 0 bridgehead atoms. The van der Waals surface area contributed by atoms with Gasteiger partial charge in [-0.15, -0.1) is 0 Å². The van der Waals surface area contributed by atoms with Gasteiger partial charge in [0.1, 0.15) is 6.04 Å². The van der Waals surface area contributed by atoms with Crippen LogP contribution in [0.15, 0.2) is 18.2 Å². The normalized spacial score (nSPS) is 20.2. The molecule has 0 amide bonds. The van der Waals surface area contributed by atoms with E-state index in [4.69, 9.17) is 22.4 Å². The summed E-state index contributed by atoms with van der Waals surface area (Å²) in [6.45, 7) is 4.64. The van der Waals surface area contributed by atoms with Crippen molar-refractivity contribution in [1.82, 2.24) is 0 Å². The van der Waals surface area contributed by atoms with Crippen molar-refractivity contribution in [3.63, 3.8) is 0 Å². The maximum absolute atomic E-state index is 10.8. The van der Waals surface area contributed by atoms with Crippen molar-refractivity contribution in [1.29, 1.82) is 0 Å². The Balaban J connectivity index is 2.08. The first-order valence-corrected chi connectivity index (χ1v) is 7.93. The summed E-state index contributed by atoms with van der Waals surface area (Å²) in [4.78, 5) is 10.8. The monoisotopic (exact) mass is 309 g/mol. The molecule has 1 saturated carbocycles. The lowest BCUT2D eigenvalue weighted by molar-refractivity contribution is -0.138. The summed E-state index contributed by atoms with van der Waals surface area (Å²) >= 11 is 6.41. The summed E-state index contributed by atoms with van der Waals surface area (Å²) in [6.07, 6.45) is 5.09. The molecule has 116 valence electrons. The average molecular weight is 310 g/mol. The van der Waals surface area contributed by atoms with Crippen LogP contribution in [0.4, 0.5) is 0 Å². The molecule has 1 aromatic carbocycles. The minimum atomic E-state index is -0.982. The largest absolute Gasteiger partial charge is 0.480 e. The molecule has 3 nitrogen and oxygen atoms in total. The van der Waals surface area contributed by atoms with Gasteiger partial charge in [-0.05, 0) is 60.6 Å². The molecule has 1 fully saturated rings. The Morgan fingerprint density at radius 3 is 2.57 bits per heavy atom. The van der Waals surface area contributed by atoms with Crippen LogP contribution in [-0.4, -0.2) is 17.1 Å². The first-order chi connectivity index (χ1) is 9.78. The zero-order valence-electron chi connectivity index (χ0n) is 12.7. The number of nitrogens with two attached hydrogens (primary N) is 1. The van der Waals surface area contributed by atoms with Gasteiger partial charge in [0, 0.05) is 5.02 Å². The van der Waals surface area contributed by atoms with Crippen molar-refractivity contribution in [3.05, 3.63) is 34.3 Å². The third-order valence-electron chi connectivity index (χ3n) is 4.62. The molecule has 1 aliphatic carbocycles. The molecule has 0 saturated heterocycles. The quantitative estimate of drug-likeness (QED) is 0.884. The molecule has 21 heavy (non-hydrogen) atoms. The molecule has 4 heteroatoms. The van der Waals surface area contributed by atoms with Crippen LogP contribution in [0.3, 0.4) is 0 Å².